The smallest absolute Gasteiger partial charge is 0.221 e. The molecule has 0 aromatic carbocycles. The van der Waals surface area contributed by atoms with E-state index in [1.165, 1.54) is 12.8 Å². The summed E-state index contributed by atoms with van der Waals surface area (Å²) in [5.41, 5.74) is 0.871. The molecule has 0 saturated heterocycles. The van der Waals surface area contributed by atoms with Crippen molar-refractivity contribution < 1.29 is 4.79 Å². The molecule has 18 heavy (non-hydrogen) atoms. The summed E-state index contributed by atoms with van der Waals surface area (Å²) >= 11 is 0. The van der Waals surface area contributed by atoms with E-state index >= 15 is 0 Å². The van der Waals surface area contributed by atoms with Crippen LogP contribution in [0.4, 0.5) is 5.82 Å². The number of amides is 1. The number of hydrogen-bond acceptors (Lipinski definition) is 4. The Morgan fingerprint density at radius 2 is 2.17 bits per heavy atom. The summed E-state index contributed by atoms with van der Waals surface area (Å²) in [6.45, 7) is 2.49. The number of carbonyl (C=O) groups excluding carboxylic acids is 1. The number of nitrogens with one attached hydrogen (secondary N) is 2. The lowest BCUT2D eigenvalue weighted by atomic mass is 10.2. The van der Waals surface area contributed by atoms with Crippen LogP contribution in [0.5, 0.6) is 0 Å². The number of carbonyl (C=O) groups is 1. The van der Waals surface area contributed by atoms with E-state index in [9.17, 15) is 4.79 Å². The minimum atomic E-state index is 0.120. The van der Waals surface area contributed by atoms with Gasteiger partial charge in [-0.25, -0.2) is 4.98 Å². The minimum absolute atomic E-state index is 0.120. The number of hydrogen-bond donors (Lipinski definition) is 2. The zero-order chi connectivity index (χ0) is 12.8. The average molecular weight is 248 g/mol. The molecule has 1 aromatic rings. The molecule has 0 spiro atoms. The molecular formula is C13H20N4O. The summed E-state index contributed by atoms with van der Waals surface area (Å²) in [5, 5.41) is 6.17. The molecule has 2 N–H and O–H groups in total. The molecule has 5 heteroatoms. The molecule has 2 rings (SSSR count). The van der Waals surface area contributed by atoms with Gasteiger partial charge in [0.1, 0.15) is 5.82 Å². The maximum Gasteiger partial charge on any atom is 0.221 e. The van der Waals surface area contributed by atoms with E-state index < -0.39 is 0 Å². The first kappa shape index (κ1) is 12.8. The van der Waals surface area contributed by atoms with Crippen LogP contribution in [0.2, 0.25) is 0 Å². The Balaban J connectivity index is 1.66. The Morgan fingerprint density at radius 1 is 1.39 bits per heavy atom. The van der Waals surface area contributed by atoms with Crippen molar-refractivity contribution in [1.82, 2.24) is 15.3 Å². The zero-order valence-corrected chi connectivity index (χ0v) is 10.8. The van der Waals surface area contributed by atoms with Gasteiger partial charge in [0.05, 0.1) is 11.9 Å². The number of aryl methyl sites for hydroxylation is 1. The molecule has 1 saturated carbocycles. The lowest BCUT2D eigenvalue weighted by Gasteiger charge is -2.12. The molecule has 0 bridgehead atoms. The number of anilines is 1. The van der Waals surface area contributed by atoms with E-state index in [2.05, 4.69) is 20.6 Å². The molecule has 0 radical (unpaired) electrons. The molecule has 1 aliphatic carbocycles. The third-order valence-electron chi connectivity index (χ3n) is 3.13. The molecule has 98 valence electrons. The molecular weight excluding hydrogens is 228 g/mol. The van der Waals surface area contributed by atoms with Crippen LogP contribution < -0.4 is 10.6 Å². The Hall–Kier alpha value is -1.65. The second kappa shape index (κ2) is 6.33. The van der Waals surface area contributed by atoms with Crippen molar-refractivity contribution in [2.45, 2.75) is 45.1 Å². The van der Waals surface area contributed by atoms with Gasteiger partial charge in [0.2, 0.25) is 5.91 Å². The topological polar surface area (TPSA) is 66.9 Å². The second-order valence-electron chi connectivity index (χ2n) is 4.77. The van der Waals surface area contributed by atoms with Crippen LogP contribution in [-0.2, 0) is 4.79 Å². The molecule has 1 amide bonds. The van der Waals surface area contributed by atoms with Crippen LogP contribution >= 0.6 is 0 Å². The Bertz CT molecular complexity index is 402. The monoisotopic (exact) mass is 248 g/mol. The maximum atomic E-state index is 11.7. The number of rotatable bonds is 5. The van der Waals surface area contributed by atoms with E-state index in [-0.39, 0.29) is 5.91 Å². The first-order valence-corrected chi connectivity index (χ1v) is 6.56. The summed E-state index contributed by atoms with van der Waals surface area (Å²) in [7, 11) is 0. The van der Waals surface area contributed by atoms with Gasteiger partial charge in [0, 0.05) is 25.2 Å². The van der Waals surface area contributed by atoms with Gasteiger partial charge >= 0.3 is 0 Å². The molecule has 5 nitrogen and oxygen atoms in total. The lowest BCUT2D eigenvalue weighted by molar-refractivity contribution is -0.121. The predicted octanol–water partition coefficient (Wildman–Crippen LogP) is 1.65. The normalized spacial score (nSPS) is 15.6. The fraction of sp³-hybridized carbons (Fsp3) is 0.615. The first-order valence-electron chi connectivity index (χ1n) is 6.56. The summed E-state index contributed by atoms with van der Waals surface area (Å²) in [4.78, 5) is 20.0. The SMILES string of the molecule is Cc1cncc(NCCC(=O)NC2CCCC2)n1. The highest BCUT2D eigenvalue weighted by Crippen LogP contribution is 2.17. The zero-order valence-electron chi connectivity index (χ0n) is 10.8. The van der Waals surface area contributed by atoms with Gasteiger partial charge in [0.25, 0.3) is 0 Å². The first-order chi connectivity index (χ1) is 8.74. The fourth-order valence-electron chi connectivity index (χ4n) is 2.22. The van der Waals surface area contributed by atoms with Crippen LogP contribution in [0.15, 0.2) is 12.4 Å². The average Bonchev–Trinajstić information content (AvgIpc) is 2.82. The van der Waals surface area contributed by atoms with Crippen molar-refractivity contribution in [2.24, 2.45) is 0 Å². The highest BCUT2D eigenvalue weighted by atomic mass is 16.1. The van der Waals surface area contributed by atoms with Gasteiger partial charge in [-0.3, -0.25) is 9.78 Å². The molecule has 1 heterocycles. The highest BCUT2D eigenvalue weighted by Gasteiger charge is 2.16. The lowest BCUT2D eigenvalue weighted by Crippen LogP contribution is -2.33. The van der Waals surface area contributed by atoms with Crippen LogP contribution in [-0.4, -0.2) is 28.5 Å². The molecule has 0 atom stereocenters. The number of nitrogens with zero attached hydrogens (tertiary/aromatic N) is 2. The standard InChI is InChI=1S/C13H20N4O/c1-10-8-14-9-12(16-10)15-7-6-13(18)17-11-4-2-3-5-11/h8-9,11H,2-7H2,1H3,(H,15,16)(H,17,18). The second-order valence-corrected chi connectivity index (χ2v) is 4.77. The van der Waals surface area contributed by atoms with Crippen LogP contribution in [0.25, 0.3) is 0 Å². The van der Waals surface area contributed by atoms with E-state index in [1.54, 1.807) is 12.4 Å². The van der Waals surface area contributed by atoms with Gasteiger partial charge in [-0.05, 0) is 19.8 Å². The Morgan fingerprint density at radius 3 is 2.89 bits per heavy atom. The van der Waals surface area contributed by atoms with Gasteiger partial charge < -0.3 is 10.6 Å². The van der Waals surface area contributed by atoms with Crippen molar-refractivity contribution in [2.75, 3.05) is 11.9 Å². The molecule has 1 aromatic heterocycles. The van der Waals surface area contributed by atoms with Crippen molar-refractivity contribution in [3.8, 4) is 0 Å². The minimum Gasteiger partial charge on any atom is -0.368 e. The Labute approximate surface area is 107 Å². The van der Waals surface area contributed by atoms with Crippen LogP contribution in [0.3, 0.4) is 0 Å². The van der Waals surface area contributed by atoms with Gasteiger partial charge in [0.15, 0.2) is 0 Å². The van der Waals surface area contributed by atoms with E-state index in [4.69, 9.17) is 0 Å². The van der Waals surface area contributed by atoms with Gasteiger partial charge in [-0.2, -0.15) is 0 Å². The maximum absolute atomic E-state index is 11.7. The summed E-state index contributed by atoms with van der Waals surface area (Å²) in [6.07, 6.45) is 8.58. The molecule has 1 aliphatic rings. The van der Waals surface area contributed by atoms with E-state index in [1.807, 2.05) is 6.92 Å². The van der Waals surface area contributed by atoms with Crippen LogP contribution in [0.1, 0.15) is 37.8 Å². The van der Waals surface area contributed by atoms with E-state index in [0.29, 0.717) is 19.0 Å². The predicted molar refractivity (Wildman–Crippen MR) is 70.3 cm³/mol. The summed E-state index contributed by atoms with van der Waals surface area (Å²) in [6, 6.07) is 0.399. The third kappa shape index (κ3) is 3.98. The molecule has 0 unspecified atom stereocenters. The van der Waals surface area contributed by atoms with Crippen LogP contribution in [0, 0.1) is 6.92 Å². The quantitative estimate of drug-likeness (QED) is 0.831. The summed E-state index contributed by atoms with van der Waals surface area (Å²) in [5.74, 6) is 0.846. The van der Waals surface area contributed by atoms with Gasteiger partial charge in [-0.15, -0.1) is 0 Å². The van der Waals surface area contributed by atoms with E-state index in [0.717, 1.165) is 24.4 Å². The van der Waals surface area contributed by atoms with Crippen molar-refractivity contribution in [3.05, 3.63) is 18.1 Å². The molecule has 0 aliphatic heterocycles. The molecule has 1 fully saturated rings. The Kier molecular flexibility index (Phi) is 4.50. The van der Waals surface area contributed by atoms with Crippen molar-refractivity contribution in [1.29, 1.82) is 0 Å². The van der Waals surface area contributed by atoms with Crippen molar-refractivity contribution >= 4 is 11.7 Å². The highest BCUT2D eigenvalue weighted by molar-refractivity contribution is 5.76. The largest absolute Gasteiger partial charge is 0.368 e. The fourth-order valence-corrected chi connectivity index (χ4v) is 2.22. The van der Waals surface area contributed by atoms with Crippen molar-refractivity contribution in [3.63, 3.8) is 0 Å². The number of aromatic nitrogens is 2. The van der Waals surface area contributed by atoms with Gasteiger partial charge in [-0.1, -0.05) is 12.8 Å². The third-order valence-corrected chi connectivity index (χ3v) is 3.13. The summed E-state index contributed by atoms with van der Waals surface area (Å²) < 4.78 is 0.